The van der Waals surface area contributed by atoms with Crippen LogP contribution in [0.1, 0.15) is 16.1 Å². The van der Waals surface area contributed by atoms with E-state index < -0.39 is 54.1 Å². The van der Waals surface area contributed by atoms with Crippen molar-refractivity contribution in [2.75, 3.05) is 20.3 Å². The summed E-state index contributed by atoms with van der Waals surface area (Å²) in [5.74, 6) is -4.19. The van der Waals surface area contributed by atoms with Gasteiger partial charge in [-0.25, -0.2) is 13.8 Å². The molecule has 0 spiro atoms. The average molecular weight is 560 g/mol. The standard InChI is InChI=1S/C24H19ClF5N3O5/c1-37-19-9-13(3-7-18(19)38-10-20(31)34)22(35)32-11-23(36,24(28,29)30)21-16(27)5-6-17(33-21)12-2-4-15(26)14(25)8-12/h2-9,36H,10-11H2,1H3,(H2,31,34)(H,32,35). The highest BCUT2D eigenvalue weighted by molar-refractivity contribution is 6.31. The fourth-order valence-corrected chi connectivity index (χ4v) is 3.43. The van der Waals surface area contributed by atoms with Crippen molar-refractivity contribution in [3.63, 3.8) is 0 Å². The molecule has 0 aliphatic rings. The number of primary amides is 1. The number of benzene rings is 2. The second kappa shape index (κ2) is 11.2. The molecule has 8 nitrogen and oxygen atoms in total. The first-order chi connectivity index (χ1) is 17.8. The normalized spacial score (nSPS) is 12.9. The van der Waals surface area contributed by atoms with Crippen LogP contribution in [0.2, 0.25) is 5.02 Å². The molecular weight excluding hydrogens is 541 g/mol. The molecule has 0 fully saturated rings. The highest BCUT2D eigenvalue weighted by Gasteiger charge is 2.57. The third kappa shape index (κ3) is 6.11. The Morgan fingerprint density at radius 2 is 1.74 bits per heavy atom. The average Bonchev–Trinajstić information content (AvgIpc) is 2.86. The van der Waals surface area contributed by atoms with Gasteiger partial charge in [0.25, 0.3) is 11.8 Å². The minimum absolute atomic E-state index is 0.0265. The molecule has 2 aromatic carbocycles. The summed E-state index contributed by atoms with van der Waals surface area (Å²) in [5, 5.41) is 12.2. The summed E-state index contributed by atoms with van der Waals surface area (Å²) in [4.78, 5) is 27.1. The fourth-order valence-electron chi connectivity index (χ4n) is 3.25. The van der Waals surface area contributed by atoms with Gasteiger partial charge in [0.1, 0.15) is 17.3 Å². The number of methoxy groups -OCH3 is 1. The lowest BCUT2D eigenvalue weighted by Crippen LogP contribution is -2.52. The molecule has 0 saturated heterocycles. The van der Waals surface area contributed by atoms with Crippen molar-refractivity contribution in [2.24, 2.45) is 5.73 Å². The molecule has 3 rings (SSSR count). The summed E-state index contributed by atoms with van der Waals surface area (Å²) >= 11 is 5.71. The zero-order valence-electron chi connectivity index (χ0n) is 19.4. The number of nitrogens with zero attached hydrogens (tertiary/aromatic N) is 1. The SMILES string of the molecule is COc1cc(C(=O)NCC(O)(c2nc(-c3ccc(F)c(Cl)c3)ccc2F)C(F)(F)F)ccc1OCC(N)=O. The highest BCUT2D eigenvalue weighted by Crippen LogP contribution is 2.40. The number of ether oxygens (including phenoxy) is 2. The Bertz CT molecular complexity index is 1370. The van der Waals surface area contributed by atoms with Crippen LogP contribution in [0.15, 0.2) is 48.5 Å². The van der Waals surface area contributed by atoms with Crippen LogP contribution in [-0.4, -0.2) is 48.3 Å². The third-order valence-electron chi connectivity index (χ3n) is 5.22. The molecule has 2 amide bonds. The summed E-state index contributed by atoms with van der Waals surface area (Å²) in [5.41, 5.74) is -0.773. The largest absolute Gasteiger partial charge is 0.493 e. The van der Waals surface area contributed by atoms with Crippen LogP contribution in [0, 0.1) is 11.6 Å². The van der Waals surface area contributed by atoms with Crippen LogP contribution < -0.4 is 20.5 Å². The van der Waals surface area contributed by atoms with Gasteiger partial charge in [-0.3, -0.25) is 9.59 Å². The van der Waals surface area contributed by atoms with E-state index in [0.717, 1.165) is 36.4 Å². The number of hydrogen-bond acceptors (Lipinski definition) is 6. The molecule has 0 radical (unpaired) electrons. The zero-order chi connectivity index (χ0) is 28.3. The molecule has 38 heavy (non-hydrogen) atoms. The number of carbonyl (C=O) groups is 2. The molecule has 0 bridgehead atoms. The fraction of sp³-hybridized carbons (Fsp3) is 0.208. The number of nitrogens with two attached hydrogens (primary N) is 1. The minimum atomic E-state index is -5.49. The number of carbonyl (C=O) groups excluding carboxylic acids is 2. The molecule has 1 heterocycles. The van der Waals surface area contributed by atoms with Gasteiger partial charge in [-0.1, -0.05) is 11.6 Å². The van der Waals surface area contributed by atoms with E-state index in [9.17, 15) is 36.6 Å². The Morgan fingerprint density at radius 3 is 2.34 bits per heavy atom. The first-order valence-corrected chi connectivity index (χ1v) is 10.9. The van der Waals surface area contributed by atoms with E-state index in [0.29, 0.717) is 6.07 Å². The Balaban J connectivity index is 1.91. The maximum atomic E-state index is 14.6. The van der Waals surface area contributed by atoms with Gasteiger partial charge in [-0.15, -0.1) is 0 Å². The molecule has 4 N–H and O–H groups in total. The van der Waals surface area contributed by atoms with Crippen molar-refractivity contribution < 1.29 is 46.1 Å². The lowest BCUT2D eigenvalue weighted by molar-refractivity contribution is -0.266. The van der Waals surface area contributed by atoms with E-state index in [2.05, 4.69) is 4.98 Å². The van der Waals surface area contributed by atoms with Gasteiger partial charge in [-0.05, 0) is 48.5 Å². The number of aliphatic hydroxyl groups is 1. The summed E-state index contributed by atoms with van der Waals surface area (Å²) in [6.45, 7) is -2.02. The molecule has 14 heteroatoms. The van der Waals surface area contributed by atoms with Crippen molar-refractivity contribution in [1.82, 2.24) is 10.3 Å². The molecule has 202 valence electrons. The predicted octanol–water partition coefficient (Wildman–Crippen LogP) is 3.73. The smallest absolute Gasteiger partial charge is 0.424 e. The Kier molecular flexibility index (Phi) is 8.42. The van der Waals surface area contributed by atoms with Crippen LogP contribution in [0.4, 0.5) is 22.0 Å². The second-order valence-corrected chi connectivity index (χ2v) is 8.22. The number of amides is 2. The molecule has 0 aliphatic carbocycles. The molecule has 0 saturated carbocycles. The van der Waals surface area contributed by atoms with Crippen molar-refractivity contribution in [1.29, 1.82) is 0 Å². The van der Waals surface area contributed by atoms with E-state index in [1.165, 1.54) is 13.2 Å². The minimum Gasteiger partial charge on any atom is -0.493 e. The van der Waals surface area contributed by atoms with Crippen molar-refractivity contribution in [3.8, 4) is 22.8 Å². The molecule has 1 atom stereocenters. The highest BCUT2D eigenvalue weighted by atomic mass is 35.5. The van der Waals surface area contributed by atoms with Crippen LogP contribution >= 0.6 is 11.6 Å². The summed E-state index contributed by atoms with van der Waals surface area (Å²) in [7, 11) is 1.21. The van der Waals surface area contributed by atoms with E-state index >= 15 is 0 Å². The Labute approximate surface area is 217 Å². The maximum absolute atomic E-state index is 14.6. The van der Waals surface area contributed by atoms with Crippen LogP contribution in [0.5, 0.6) is 11.5 Å². The van der Waals surface area contributed by atoms with Gasteiger partial charge in [0, 0.05) is 11.1 Å². The number of pyridine rings is 1. The lowest BCUT2D eigenvalue weighted by atomic mass is 9.96. The van der Waals surface area contributed by atoms with E-state index in [4.69, 9.17) is 26.8 Å². The number of nitrogens with one attached hydrogen (secondary N) is 1. The van der Waals surface area contributed by atoms with Crippen LogP contribution in [0.25, 0.3) is 11.3 Å². The third-order valence-corrected chi connectivity index (χ3v) is 5.51. The molecule has 3 aromatic rings. The van der Waals surface area contributed by atoms with Crippen LogP contribution in [0.3, 0.4) is 0 Å². The number of halogens is 6. The molecule has 0 aliphatic heterocycles. The van der Waals surface area contributed by atoms with Gasteiger partial charge in [0.15, 0.2) is 18.1 Å². The predicted molar refractivity (Wildman–Crippen MR) is 125 cm³/mol. The summed E-state index contributed by atoms with van der Waals surface area (Å²) < 4.78 is 80.4. The van der Waals surface area contributed by atoms with E-state index in [-0.39, 0.29) is 33.3 Å². The molecular formula is C24H19ClF5N3O5. The van der Waals surface area contributed by atoms with Crippen molar-refractivity contribution in [3.05, 3.63) is 76.4 Å². The van der Waals surface area contributed by atoms with Crippen molar-refractivity contribution in [2.45, 2.75) is 11.8 Å². The van der Waals surface area contributed by atoms with Crippen molar-refractivity contribution >= 4 is 23.4 Å². The quantitative estimate of drug-likeness (QED) is 0.343. The van der Waals surface area contributed by atoms with Crippen LogP contribution in [-0.2, 0) is 10.4 Å². The van der Waals surface area contributed by atoms with Gasteiger partial charge < -0.3 is 25.6 Å². The number of aromatic nitrogens is 1. The topological polar surface area (TPSA) is 124 Å². The zero-order valence-corrected chi connectivity index (χ0v) is 20.2. The number of hydrogen-bond donors (Lipinski definition) is 3. The van der Waals surface area contributed by atoms with Gasteiger partial charge in [0.05, 0.1) is 24.4 Å². The van der Waals surface area contributed by atoms with Gasteiger partial charge >= 0.3 is 6.18 Å². The molecule has 1 aromatic heterocycles. The molecule has 1 unspecified atom stereocenters. The van der Waals surface area contributed by atoms with Gasteiger partial charge in [-0.2, -0.15) is 13.2 Å². The lowest BCUT2D eigenvalue weighted by Gasteiger charge is -2.30. The summed E-state index contributed by atoms with van der Waals surface area (Å²) in [6, 6.07) is 8.30. The maximum Gasteiger partial charge on any atom is 0.424 e. The van der Waals surface area contributed by atoms with E-state index in [1.807, 2.05) is 5.32 Å². The Morgan fingerprint density at radius 1 is 1.05 bits per heavy atom. The first-order valence-electron chi connectivity index (χ1n) is 10.6. The van der Waals surface area contributed by atoms with Gasteiger partial charge in [0.2, 0.25) is 5.60 Å². The summed E-state index contributed by atoms with van der Waals surface area (Å²) in [6.07, 6.45) is -5.49. The number of rotatable bonds is 9. The van der Waals surface area contributed by atoms with E-state index in [1.54, 1.807) is 0 Å². The monoisotopic (exact) mass is 559 g/mol. The first kappa shape index (κ1) is 28.6. The number of alkyl halides is 3. The second-order valence-electron chi connectivity index (χ2n) is 7.82. The Hall–Kier alpha value is -3.97.